The van der Waals surface area contributed by atoms with Crippen molar-refractivity contribution in [3.63, 3.8) is 0 Å². The monoisotopic (exact) mass is 771 g/mol. The molecular formula is C57H41NS. The van der Waals surface area contributed by atoms with Crippen molar-refractivity contribution in [3.8, 4) is 55.6 Å². The molecule has 0 N–H and O–H groups in total. The molecule has 0 unspecified atom stereocenters. The highest BCUT2D eigenvalue weighted by Crippen LogP contribution is 2.55. The van der Waals surface area contributed by atoms with E-state index in [0.29, 0.717) is 0 Å². The molecule has 9 aromatic carbocycles. The van der Waals surface area contributed by atoms with E-state index in [1.54, 1.807) is 0 Å². The fourth-order valence-electron chi connectivity index (χ4n) is 9.67. The predicted molar refractivity (Wildman–Crippen MR) is 253 cm³/mol. The molecule has 0 radical (unpaired) electrons. The highest BCUT2D eigenvalue weighted by Gasteiger charge is 2.38. The maximum Gasteiger partial charge on any atom is 0.0546 e. The SMILES string of the molecule is CC1(C)c2ccccc2-c2cccc(-c3ccccc3N(c3ccc4c(c3)sc3ccccc34)c3cccc(-c4ccccc4)c3-c3ccccc3-c3ccccc3)c21. The van der Waals surface area contributed by atoms with Crippen molar-refractivity contribution < 1.29 is 0 Å². The van der Waals surface area contributed by atoms with E-state index in [-0.39, 0.29) is 5.41 Å². The molecular weight excluding hydrogens is 731 g/mol. The lowest BCUT2D eigenvalue weighted by molar-refractivity contribution is 0.662. The molecule has 1 heterocycles. The van der Waals surface area contributed by atoms with E-state index in [2.05, 4.69) is 231 Å². The van der Waals surface area contributed by atoms with Crippen LogP contribution in [0.1, 0.15) is 25.0 Å². The maximum atomic E-state index is 2.54. The number of hydrogen-bond acceptors (Lipinski definition) is 2. The molecule has 280 valence electrons. The molecule has 1 aliphatic rings. The number of benzene rings is 9. The third kappa shape index (κ3) is 5.74. The van der Waals surface area contributed by atoms with Gasteiger partial charge in [0, 0.05) is 42.4 Å². The maximum absolute atomic E-state index is 2.54. The second-order valence-corrected chi connectivity index (χ2v) is 17.1. The zero-order valence-corrected chi connectivity index (χ0v) is 33.9. The Kier molecular flexibility index (Phi) is 8.43. The van der Waals surface area contributed by atoms with Gasteiger partial charge in [0.05, 0.1) is 11.4 Å². The van der Waals surface area contributed by atoms with E-state index >= 15 is 0 Å². The van der Waals surface area contributed by atoms with Crippen molar-refractivity contribution in [2.75, 3.05) is 4.90 Å². The van der Waals surface area contributed by atoms with Gasteiger partial charge in [-0.15, -0.1) is 11.3 Å². The van der Waals surface area contributed by atoms with Gasteiger partial charge >= 0.3 is 0 Å². The van der Waals surface area contributed by atoms with Crippen LogP contribution in [0.4, 0.5) is 17.1 Å². The molecule has 0 saturated carbocycles. The molecule has 0 spiro atoms. The average Bonchev–Trinajstić information content (AvgIpc) is 3.78. The number of rotatable bonds is 7. The summed E-state index contributed by atoms with van der Waals surface area (Å²) in [6.07, 6.45) is 0. The van der Waals surface area contributed by atoms with E-state index in [0.717, 1.165) is 17.1 Å². The van der Waals surface area contributed by atoms with Crippen molar-refractivity contribution in [2.24, 2.45) is 0 Å². The number of nitrogens with zero attached hydrogens (tertiary/aromatic N) is 1. The predicted octanol–water partition coefficient (Wildman–Crippen LogP) is 16.5. The number of anilines is 3. The molecule has 11 rings (SSSR count). The van der Waals surface area contributed by atoms with Crippen LogP contribution < -0.4 is 4.90 Å². The van der Waals surface area contributed by atoms with Gasteiger partial charge < -0.3 is 4.90 Å². The highest BCUT2D eigenvalue weighted by atomic mass is 32.1. The number of hydrogen-bond donors (Lipinski definition) is 0. The molecule has 1 aromatic heterocycles. The van der Waals surface area contributed by atoms with Gasteiger partial charge in [-0.05, 0) is 86.0 Å². The molecule has 0 fully saturated rings. The van der Waals surface area contributed by atoms with Gasteiger partial charge in [0.2, 0.25) is 0 Å². The smallest absolute Gasteiger partial charge is 0.0546 e. The largest absolute Gasteiger partial charge is 0.309 e. The fraction of sp³-hybridized carbons (Fsp3) is 0.0526. The van der Waals surface area contributed by atoms with E-state index < -0.39 is 0 Å². The number of para-hydroxylation sites is 1. The van der Waals surface area contributed by atoms with Crippen molar-refractivity contribution in [3.05, 3.63) is 223 Å². The van der Waals surface area contributed by atoms with Crippen LogP contribution >= 0.6 is 11.3 Å². The molecule has 0 saturated heterocycles. The van der Waals surface area contributed by atoms with Crippen LogP contribution in [0.3, 0.4) is 0 Å². The summed E-state index contributed by atoms with van der Waals surface area (Å²) in [5.41, 5.74) is 18.2. The Labute approximate surface area is 350 Å². The Bertz CT molecular complexity index is 3190. The summed E-state index contributed by atoms with van der Waals surface area (Å²) in [7, 11) is 0. The first-order chi connectivity index (χ1) is 29.1. The quantitative estimate of drug-likeness (QED) is 0.156. The first kappa shape index (κ1) is 35.2. The Morgan fingerprint density at radius 1 is 0.373 bits per heavy atom. The zero-order valence-electron chi connectivity index (χ0n) is 33.1. The minimum atomic E-state index is -0.177. The van der Waals surface area contributed by atoms with E-state index in [1.165, 1.54) is 86.9 Å². The lowest BCUT2D eigenvalue weighted by Crippen LogP contribution is -2.17. The van der Waals surface area contributed by atoms with Gasteiger partial charge in [-0.25, -0.2) is 0 Å². The summed E-state index contributed by atoms with van der Waals surface area (Å²) in [6.45, 7) is 4.78. The highest BCUT2D eigenvalue weighted by molar-refractivity contribution is 7.25. The van der Waals surface area contributed by atoms with Gasteiger partial charge in [-0.1, -0.05) is 196 Å². The Hall–Kier alpha value is -7.00. The third-order valence-corrected chi connectivity index (χ3v) is 13.4. The zero-order chi connectivity index (χ0) is 39.5. The molecule has 2 heteroatoms. The van der Waals surface area contributed by atoms with Crippen LogP contribution in [0.2, 0.25) is 0 Å². The average molecular weight is 772 g/mol. The third-order valence-electron chi connectivity index (χ3n) is 12.3. The number of thiophene rings is 1. The minimum Gasteiger partial charge on any atom is -0.309 e. The first-order valence-corrected chi connectivity index (χ1v) is 21.3. The summed E-state index contributed by atoms with van der Waals surface area (Å²) in [5.74, 6) is 0. The second kappa shape index (κ2) is 14.1. The van der Waals surface area contributed by atoms with Crippen LogP contribution in [-0.4, -0.2) is 0 Å². The van der Waals surface area contributed by atoms with E-state index in [9.17, 15) is 0 Å². The normalized spacial score (nSPS) is 12.7. The molecule has 1 aliphatic carbocycles. The van der Waals surface area contributed by atoms with Gasteiger partial charge in [0.15, 0.2) is 0 Å². The summed E-state index contributed by atoms with van der Waals surface area (Å²) >= 11 is 1.87. The standard InChI is InChI=1S/C57H41NS/c1-57(2)50-31-14-11-24-43(50)48-29-17-30-49(56(48)57)44-25-12-15-32-51(44)58(40-35-36-46-45-26-13-16-34-53(45)59-54(46)37-40)52-33-18-28-42(39-21-7-4-8-22-39)55(52)47-27-10-9-23-41(47)38-19-5-3-6-20-38/h3-37H,1-2H3. The number of fused-ring (bicyclic) bond motifs is 6. The van der Waals surface area contributed by atoms with Crippen LogP contribution in [-0.2, 0) is 5.41 Å². The second-order valence-electron chi connectivity index (χ2n) is 16.0. The Balaban J connectivity index is 1.23. The fourth-order valence-corrected chi connectivity index (χ4v) is 10.8. The minimum absolute atomic E-state index is 0.177. The molecule has 0 bridgehead atoms. The molecule has 1 nitrogen and oxygen atoms in total. The van der Waals surface area contributed by atoms with Crippen LogP contribution in [0.15, 0.2) is 212 Å². The van der Waals surface area contributed by atoms with Crippen molar-refractivity contribution in [1.29, 1.82) is 0 Å². The van der Waals surface area contributed by atoms with Crippen molar-refractivity contribution in [1.82, 2.24) is 0 Å². The van der Waals surface area contributed by atoms with E-state index in [4.69, 9.17) is 0 Å². The summed E-state index contributed by atoms with van der Waals surface area (Å²) in [5, 5.41) is 2.59. The van der Waals surface area contributed by atoms with Gasteiger partial charge in [-0.2, -0.15) is 0 Å². The molecule has 0 aliphatic heterocycles. The van der Waals surface area contributed by atoms with Crippen LogP contribution in [0, 0.1) is 0 Å². The summed E-state index contributed by atoms with van der Waals surface area (Å²) in [6, 6.07) is 78.2. The van der Waals surface area contributed by atoms with Crippen LogP contribution in [0.25, 0.3) is 75.8 Å². The lowest BCUT2D eigenvalue weighted by Gasteiger charge is -2.32. The first-order valence-electron chi connectivity index (χ1n) is 20.4. The van der Waals surface area contributed by atoms with Gasteiger partial charge in [-0.3, -0.25) is 0 Å². The summed E-state index contributed by atoms with van der Waals surface area (Å²) < 4.78 is 2.57. The molecule has 0 atom stereocenters. The van der Waals surface area contributed by atoms with Crippen LogP contribution in [0.5, 0.6) is 0 Å². The van der Waals surface area contributed by atoms with E-state index in [1.807, 2.05) is 11.3 Å². The Morgan fingerprint density at radius 2 is 0.898 bits per heavy atom. The molecule has 10 aromatic rings. The van der Waals surface area contributed by atoms with Gasteiger partial charge in [0.1, 0.15) is 0 Å². The van der Waals surface area contributed by atoms with Crippen molar-refractivity contribution >= 4 is 48.6 Å². The molecule has 59 heavy (non-hydrogen) atoms. The topological polar surface area (TPSA) is 3.24 Å². The lowest BCUT2D eigenvalue weighted by atomic mass is 9.78. The summed E-state index contributed by atoms with van der Waals surface area (Å²) in [4.78, 5) is 2.54. The Morgan fingerprint density at radius 3 is 1.68 bits per heavy atom. The van der Waals surface area contributed by atoms with Crippen molar-refractivity contribution in [2.45, 2.75) is 19.3 Å². The van der Waals surface area contributed by atoms with Gasteiger partial charge in [0.25, 0.3) is 0 Å². The molecule has 0 amide bonds.